The summed E-state index contributed by atoms with van der Waals surface area (Å²) in [5, 5.41) is 0.980. The van der Waals surface area contributed by atoms with Gasteiger partial charge in [0, 0.05) is 5.56 Å². The van der Waals surface area contributed by atoms with Crippen LogP contribution in [0.5, 0.6) is 11.5 Å². The molecule has 0 radical (unpaired) electrons. The highest BCUT2D eigenvalue weighted by Gasteiger charge is 2.11. The number of ether oxygens (including phenoxy) is 2. The molecule has 0 saturated heterocycles. The third-order valence-corrected chi connectivity index (χ3v) is 4.14. The van der Waals surface area contributed by atoms with Crippen molar-refractivity contribution in [3.63, 3.8) is 0 Å². The molecule has 0 aliphatic heterocycles. The van der Waals surface area contributed by atoms with Gasteiger partial charge in [-0.3, -0.25) is 0 Å². The van der Waals surface area contributed by atoms with Crippen molar-refractivity contribution in [1.29, 1.82) is 0 Å². The Bertz CT molecular complexity index is 807. The fourth-order valence-corrected chi connectivity index (χ4v) is 2.61. The lowest BCUT2D eigenvalue weighted by Gasteiger charge is -2.10. The molecule has 1 heterocycles. The van der Waals surface area contributed by atoms with Crippen molar-refractivity contribution in [3.05, 3.63) is 40.4 Å². The largest absolute Gasteiger partial charge is 0.493 e. The van der Waals surface area contributed by atoms with Crippen LogP contribution >= 0.6 is 23.2 Å². The number of fused-ring (bicyclic) bond motifs is 1. The Labute approximate surface area is 144 Å². The Morgan fingerprint density at radius 1 is 1.09 bits per heavy atom. The first-order chi connectivity index (χ1) is 11.1. The third-order valence-electron chi connectivity index (χ3n) is 3.42. The van der Waals surface area contributed by atoms with Crippen LogP contribution in [-0.2, 0) is 0 Å². The normalized spacial score (nSPS) is 11.0. The summed E-state index contributed by atoms with van der Waals surface area (Å²) in [4.78, 5) is 7.80. The van der Waals surface area contributed by atoms with Crippen LogP contribution < -0.4 is 9.47 Å². The summed E-state index contributed by atoms with van der Waals surface area (Å²) < 4.78 is 11.1. The molecule has 0 spiro atoms. The molecule has 2 aromatic carbocycles. The molecule has 1 aromatic heterocycles. The molecule has 3 rings (SSSR count). The highest BCUT2D eigenvalue weighted by molar-refractivity contribution is 6.42. The summed E-state index contributed by atoms with van der Waals surface area (Å²) >= 11 is 12.1. The summed E-state index contributed by atoms with van der Waals surface area (Å²) in [5.74, 6) is 2.12. The highest BCUT2D eigenvalue weighted by Crippen LogP contribution is 2.33. The van der Waals surface area contributed by atoms with E-state index in [9.17, 15) is 0 Å². The molecular formula is C17H16Cl2N2O2. The first-order valence-electron chi connectivity index (χ1n) is 7.28. The number of benzene rings is 2. The van der Waals surface area contributed by atoms with Gasteiger partial charge < -0.3 is 14.5 Å². The molecule has 4 nitrogen and oxygen atoms in total. The van der Waals surface area contributed by atoms with Gasteiger partial charge in [-0.25, -0.2) is 4.98 Å². The van der Waals surface area contributed by atoms with E-state index in [0.717, 1.165) is 34.6 Å². The second kappa shape index (κ2) is 6.69. The van der Waals surface area contributed by atoms with Crippen LogP contribution in [0.4, 0.5) is 0 Å². The zero-order chi connectivity index (χ0) is 16.4. The first kappa shape index (κ1) is 16.0. The Hall–Kier alpha value is -1.91. The quantitative estimate of drug-likeness (QED) is 0.675. The number of nitrogens with zero attached hydrogens (tertiary/aromatic N) is 1. The van der Waals surface area contributed by atoms with Gasteiger partial charge in [-0.2, -0.15) is 0 Å². The van der Waals surface area contributed by atoms with Gasteiger partial charge in [0.2, 0.25) is 0 Å². The van der Waals surface area contributed by atoms with E-state index in [1.807, 2.05) is 18.2 Å². The van der Waals surface area contributed by atoms with Gasteiger partial charge in [-0.1, -0.05) is 30.1 Å². The predicted octanol–water partition coefficient (Wildman–Crippen LogP) is 5.33. The lowest BCUT2D eigenvalue weighted by Crippen LogP contribution is -1.98. The summed E-state index contributed by atoms with van der Waals surface area (Å²) in [6, 6.07) is 9.23. The molecule has 0 amide bonds. The van der Waals surface area contributed by atoms with Gasteiger partial charge in [0.15, 0.2) is 11.5 Å². The van der Waals surface area contributed by atoms with Crippen molar-refractivity contribution in [2.24, 2.45) is 0 Å². The van der Waals surface area contributed by atoms with Gasteiger partial charge in [-0.15, -0.1) is 0 Å². The first-order valence-corrected chi connectivity index (χ1v) is 8.04. The van der Waals surface area contributed by atoms with Crippen LogP contribution in [0.1, 0.15) is 13.3 Å². The van der Waals surface area contributed by atoms with Crippen molar-refractivity contribution in [3.8, 4) is 22.9 Å². The van der Waals surface area contributed by atoms with E-state index < -0.39 is 0 Å². The molecule has 0 bridgehead atoms. The smallest absolute Gasteiger partial charge is 0.161 e. The summed E-state index contributed by atoms with van der Waals surface area (Å²) in [6.45, 7) is 2.71. The SMILES string of the molecule is CCCOc1ccc(-c2nc3cc(Cl)c(Cl)cc3[nH]2)cc1OC. The Morgan fingerprint density at radius 3 is 2.61 bits per heavy atom. The molecule has 0 saturated carbocycles. The average Bonchev–Trinajstić information content (AvgIpc) is 2.96. The molecule has 0 atom stereocenters. The Kier molecular flexibility index (Phi) is 4.64. The topological polar surface area (TPSA) is 47.1 Å². The predicted molar refractivity (Wildman–Crippen MR) is 93.9 cm³/mol. The Balaban J connectivity index is 2.01. The van der Waals surface area contributed by atoms with Gasteiger partial charge >= 0.3 is 0 Å². The number of hydrogen-bond acceptors (Lipinski definition) is 3. The highest BCUT2D eigenvalue weighted by atomic mass is 35.5. The minimum atomic E-state index is 0.484. The maximum atomic E-state index is 6.04. The van der Waals surface area contributed by atoms with Crippen LogP contribution in [0.2, 0.25) is 10.0 Å². The van der Waals surface area contributed by atoms with Crippen molar-refractivity contribution < 1.29 is 9.47 Å². The number of halogens is 2. The minimum Gasteiger partial charge on any atom is -0.493 e. The van der Waals surface area contributed by atoms with E-state index >= 15 is 0 Å². The zero-order valence-electron chi connectivity index (χ0n) is 12.8. The number of rotatable bonds is 5. The van der Waals surface area contributed by atoms with Crippen molar-refractivity contribution >= 4 is 34.2 Å². The van der Waals surface area contributed by atoms with E-state index in [0.29, 0.717) is 22.4 Å². The Morgan fingerprint density at radius 2 is 1.87 bits per heavy atom. The van der Waals surface area contributed by atoms with Gasteiger partial charge in [0.25, 0.3) is 0 Å². The fraction of sp³-hybridized carbons (Fsp3) is 0.235. The molecule has 0 aliphatic rings. The minimum absolute atomic E-state index is 0.484. The zero-order valence-corrected chi connectivity index (χ0v) is 14.3. The van der Waals surface area contributed by atoms with Gasteiger partial charge in [0.1, 0.15) is 5.82 Å². The maximum absolute atomic E-state index is 6.04. The number of hydrogen-bond donors (Lipinski definition) is 1. The summed E-state index contributed by atoms with van der Waals surface area (Å²) in [5.41, 5.74) is 2.49. The van der Waals surface area contributed by atoms with Gasteiger partial charge in [-0.05, 0) is 36.8 Å². The molecule has 0 aliphatic carbocycles. The number of imidazole rings is 1. The number of H-pyrrole nitrogens is 1. The van der Waals surface area contributed by atoms with Crippen LogP contribution in [-0.4, -0.2) is 23.7 Å². The number of aromatic nitrogens is 2. The van der Waals surface area contributed by atoms with E-state index in [2.05, 4.69) is 16.9 Å². The van der Waals surface area contributed by atoms with E-state index in [-0.39, 0.29) is 0 Å². The molecule has 0 unspecified atom stereocenters. The van der Waals surface area contributed by atoms with Crippen LogP contribution in [0.15, 0.2) is 30.3 Å². The van der Waals surface area contributed by atoms with Crippen LogP contribution in [0, 0.1) is 0 Å². The average molecular weight is 351 g/mol. The second-order valence-corrected chi connectivity index (χ2v) is 5.90. The monoisotopic (exact) mass is 350 g/mol. The lowest BCUT2D eigenvalue weighted by atomic mass is 10.2. The van der Waals surface area contributed by atoms with E-state index in [4.69, 9.17) is 32.7 Å². The van der Waals surface area contributed by atoms with Crippen molar-refractivity contribution in [1.82, 2.24) is 9.97 Å². The van der Waals surface area contributed by atoms with E-state index in [1.54, 1.807) is 19.2 Å². The summed E-state index contributed by atoms with van der Waals surface area (Å²) in [7, 11) is 1.62. The maximum Gasteiger partial charge on any atom is 0.161 e. The second-order valence-electron chi connectivity index (χ2n) is 5.08. The third kappa shape index (κ3) is 3.23. The molecule has 1 N–H and O–H groups in total. The lowest BCUT2D eigenvalue weighted by molar-refractivity contribution is 0.294. The fourth-order valence-electron chi connectivity index (χ4n) is 2.29. The molecule has 23 heavy (non-hydrogen) atoms. The standard InChI is InChI=1S/C17H16Cl2N2O2/c1-3-6-23-15-5-4-10(7-16(15)22-2)17-20-13-8-11(18)12(19)9-14(13)21-17/h4-5,7-9H,3,6H2,1-2H3,(H,20,21). The number of aromatic amines is 1. The van der Waals surface area contributed by atoms with Crippen molar-refractivity contribution in [2.45, 2.75) is 13.3 Å². The van der Waals surface area contributed by atoms with Crippen molar-refractivity contribution in [2.75, 3.05) is 13.7 Å². The number of nitrogens with one attached hydrogen (secondary N) is 1. The van der Waals surface area contributed by atoms with E-state index in [1.165, 1.54) is 0 Å². The number of methoxy groups -OCH3 is 1. The molecule has 0 fully saturated rings. The van der Waals surface area contributed by atoms with Crippen LogP contribution in [0.3, 0.4) is 0 Å². The summed E-state index contributed by atoms with van der Waals surface area (Å²) in [6.07, 6.45) is 0.940. The molecule has 120 valence electrons. The molecular weight excluding hydrogens is 335 g/mol. The van der Waals surface area contributed by atoms with Crippen LogP contribution in [0.25, 0.3) is 22.4 Å². The molecule has 6 heteroatoms. The molecule has 3 aromatic rings. The van der Waals surface area contributed by atoms with Gasteiger partial charge in [0.05, 0.1) is 34.8 Å².